The second-order valence-corrected chi connectivity index (χ2v) is 8.45. The molecule has 1 saturated carbocycles. The Morgan fingerprint density at radius 2 is 1.91 bits per heavy atom. The number of carboxylic acid groups (broad SMARTS) is 1. The molecule has 9 nitrogen and oxygen atoms in total. The van der Waals surface area contributed by atoms with Crippen LogP contribution in [0.5, 0.6) is 17.5 Å². The molecule has 3 atom stereocenters. The van der Waals surface area contributed by atoms with Crippen LogP contribution in [0.15, 0.2) is 18.2 Å². The van der Waals surface area contributed by atoms with Crippen LogP contribution in [-0.4, -0.2) is 56.4 Å². The lowest BCUT2D eigenvalue weighted by Gasteiger charge is -2.36. The number of likely N-dealkylation sites (tertiary alicyclic amines) is 1. The van der Waals surface area contributed by atoms with Crippen LogP contribution in [0.3, 0.4) is 0 Å². The van der Waals surface area contributed by atoms with Crippen LogP contribution in [0.25, 0.3) is 0 Å². The van der Waals surface area contributed by atoms with Crippen molar-refractivity contribution in [2.24, 2.45) is 11.8 Å². The van der Waals surface area contributed by atoms with Gasteiger partial charge in [0.1, 0.15) is 5.75 Å². The van der Waals surface area contributed by atoms with Gasteiger partial charge in [0, 0.05) is 25.2 Å². The lowest BCUT2D eigenvalue weighted by Crippen LogP contribution is -2.49. The van der Waals surface area contributed by atoms with Crippen LogP contribution in [0.1, 0.15) is 32.7 Å². The zero-order valence-electron chi connectivity index (χ0n) is 17.8. The maximum absolute atomic E-state index is 14.0. The SMILES string of the molecule is CC(C)n1nc(NC2[C@@H]3CC[C@H]2CN(C(=O)O)C3)nc1Oc1ccc(OC(F)(F)F)c(F)c1. The third-order valence-electron chi connectivity index (χ3n) is 5.83. The predicted molar refractivity (Wildman–Crippen MR) is 107 cm³/mol. The minimum atomic E-state index is -5.01. The highest BCUT2D eigenvalue weighted by molar-refractivity contribution is 5.65. The third kappa shape index (κ3) is 5.06. The van der Waals surface area contributed by atoms with Crippen molar-refractivity contribution in [3.05, 3.63) is 24.0 Å². The number of nitrogens with zero attached hydrogens (tertiary/aromatic N) is 4. The molecule has 4 rings (SSSR count). The number of carbonyl (C=O) groups is 1. The van der Waals surface area contributed by atoms with Crippen LogP contribution in [-0.2, 0) is 0 Å². The predicted octanol–water partition coefficient (Wildman–Crippen LogP) is 4.49. The normalized spacial score (nSPS) is 22.5. The topological polar surface area (TPSA) is 102 Å². The number of amides is 1. The summed E-state index contributed by atoms with van der Waals surface area (Å²) in [6.07, 6.45) is -4.15. The summed E-state index contributed by atoms with van der Waals surface area (Å²) in [5, 5.41) is 17.0. The second kappa shape index (κ2) is 8.60. The number of hydrogen-bond acceptors (Lipinski definition) is 6. The number of halogens is 4. The summed E-state index contributed by atoms with van der Waals surface area (Å²) in [6, 6.07) is 2.60. The van der Waals surface area contributed by atoms with E-state index in [1.165, 1.54) is 9.58 Å². The van der Waals surface area contributed by atoms with Crippen LogP contribution in [0.4, 0.5) is 28.3 Å². The number of hydrogen-bond donors (Lipinski definition) is 2. The van der Waals surface area contributed by atoms with Crippen molar-refractivity contribution >= 4 is 12.0 Å². The van der Waals surface area contributed by atoms with Crippen molar-refractivity contribution in [1.29, 1.82) is 0 Å². The van der Waals surface area contributed by atoms with E-state index in [-0.39, 0.29) is 41.6 Å². The standard InChI is InChI=1S/C20H23F4N5O4/c1-10(2)29-18(32-13-5-6-15(14(21)7-13)33-20(22,23)24)26-17(27-29)25-16-11-3-4-12(16)9-28(8-11)19(30)31/h5-7,10-12,16H,3-4,8-9H2,1-2H3,(H,25,27)(H,30,31)/t11-,12+,16?. The first kappa shape index (κ1) is 22.9. The van der Waals surface area contributed by atoms with Gasteiger partial charge in [-0.1, -0.05) is 0 Å². The fourth-order valence-corrected chi connectivity index (χ4v) is 4.40. The fourth-order valence-electron chi connectivity index (χ4n) is 4.40. The molecule has 1 aliphatic heterocycles. The number of rotatable bonds is 6. The van der Waals surface area contributed by atoms with Gasteiger partial charge < -0.3 is 24.8 Å². The largest absolute Gasteiger partial charge is 0.573 e. The van der Waals surface area contributed by atoms with Crippen molar-refractivity contribution in [2.45, 2.75) is 45.1 Å². The van der Waals surface area contributed by atoms with Crippen molar-refractivity contribution in [1.82, 2.24) is 19.7 Å². The van der Waals surface area contributed by atoms with Gasteiger partial charge in [0.15, 0.2) is 11.6 Å². The first-order valence-corrected chi connectivity index (χ1v) is 10.4. The van der Waals surface area contributed by atoms with Crippen LogP contribution in [0.2, 0.25) is 0 Å². The Labute approximate surface area is 186 Å². The Morgan fingerprint density at radius 3 is 2.45 bits per heavy atom. The van der Waals surface area contributed by atoms with Crippen LogP contribution in [0, 0.1) is 17.7 Å². The summed E-state index contributed by atoms with van der Waals surface area (Å²) in [6.45, 7) is 4.54. The van der Waals surface area contributed by atoms with Gasteiger partial charge >= 0.3 is 18.5 Å². The first-order chi connectivity index (χ1) is 15.5. The molecule has 0 spiro atoms. The van der Waals surface area contributed by atoms with Gasteiger partial charge in [-0.2, -0.15) is 4.98 Å². The Balaban J connectivity index is 1.50. The quantitative estimate of drug-likeness (QED) is 0.596. The van der Waals surface area contributed by atoms with E-state index in [0.29, 0.717) is 13.1 Å². The first-order valence-electron chi connectivity index (χ1n) is 10.4. The van der Waals surface area contributed by atoms with Crippen molar-refractivity contribution < 1.29 is 36.9 Å². The van der Waals surface area contributed by atoms with E-state index >= 15 is 0 Å². The smallest absolute Gasteiger partial charge is 0.465 e. The van der Waals surface area contributed by atoms with Gasteiger partial charge in [-0.05, 0) is 50.7 Å². The molecule has 2 bridgehead atoms. The van der Waals surface area contributed by atoms with Crippen LogP contribution < -0.4 is 14.8 Å². The average Bonchev–Trinajstić information content (AvgIpc) is 3.19. The van der Waals surface area contributed by atoms with Gasteiger partial charge in [0.05, 0.1) is 6.04 Å². The van der Waals surface area contributed by atoms with E-state index in [4.69, 9.17) is 4.74 Å². The van der Waals surface area contributed by atoms with Crippen molar-refractivity contribution in [2.75, 3.05) is 18.4 Å². The minimum Gasteiger partial charge on any atom is -0.465 e. The summed E-state index contributed by atoms with van der Waals surface area (Å²) in [4.78, 5) is 17.1. The second-order valence-electron chi connectivity index (χ2n) is 8.45. The molecule has 1 aromatic heterocycles. The van der Waals surface area contributed by atoms with Gasteiger partial charge in [0.2, 0.25) is 5.95 Å². The molecule has 2 aliphatic rings. The maximum Gasteiger partial charge on any atom is 0.573 e. The molecule has 2 N–H and O–H groups in total. The van der Waals surface area contributed by atoms with Gasteiger partial charge in [-0.25, -0.2) is 13.9 Å². The van der Waals surface area contributed by atoms with E-state index in [1.807, 2.05) is 13.8 Å². The van der Waals surface area contributed by atoms with Gasteiger partial charge in [-0.15, -0.1) is 18.3 Å². The zero-order valence-corrected chi connectivity index (χ0v) is 17.8. The number of aromatic nitrogens is 3. The molecule has 1 aliphatic carbocycles. The summed E-state index contributed by atoms with van der Waals surface area (Å²) >= 11 is 0. The molecule has 1 aromatic carbocycles. The molecule has 2 fully saturated rings. The van der Waals surface area contributed by atoms with Gasteiger partial charge in [-0.3, -0.25) is 0 Å². The molecule has 13 heteroatoms. The highest BCUT2D eigenvalue weighted by Crippen LogP contribution is 2.39. The number of piperidine rings is 1. The lowest BCUT2D eigenvalue weighted by atomic mass is 9.92. The zero-order chi connectivity index (χ0) is 23.9. The van der Waals surface area contributed by atoms with E-state index in [9.17, 15) is 27.5 Å². The Morgan fingerprint density at radius 1 is 1.24 bits per heavy atom. The highest BCUT2D eigenvalue weighted by atomic mass is 19.4. The third-order valence-corrected chi connectivity index (χ3v) is 5.83. The fraction of sp³-hybridized carbons (Fsp3) is 0.550. The Bertz CT molecular complexity index is 1010. The minimum absolute atomic E-state index is 0.00714. The molecular formula is C20H23F4N5O4. The Hall–Kier alpha value is -3.25. The molecular weight excluding hydrogens is 450 g/mol. The number of alkyl halides is 3. The number of fused-ring (bicyclic) bond motifs is 2. The maximum atomic E-state index is 14.0. The Kier molecular flexibility index (Phi) is 5.97. The molecule has 0 radical (unpaired) electrons. The monoisotopic (exact) mass is 473 g/mol. The molecule has 1 unspecified atom stereocenters. The summed E-state index contributed by atoms with van der Waals surface area (Å²) in [5.41, 5.74) is 0. The van der Waals surface area contributed by atoms with E-state index < -0.39 is 24.0 Å². The van der Waals surface area contributed by atoms with E-state index in [2.05, 4.69) is 20.1 Å². The summed E-state index contributed by atoms with van der Waals surface area (Å²) < 4.78 is 61.8. The summed E-state index contributed by atoms with van der Waals surface area (Å²) in [7, 11) is 0. The molecule has 2 aromatic rings. The summed E-state index contributed by atoms with van der Waals surface area (Å²) in [5.74, 6) is -1.73. The molecule has 33 heavy (non-hydrogen) atoms. The molecule has 180 valence electrons. The van der Waals surface area contributed by atoms with Crippen molar-refractivity contribution in [3.63, 3.8) is 0 Å². The number of anilines is 1. The highest BCUT2D eigenvalue weighted by Gasteiger charge is 2.44. The number of nitrogens with one attached hydrogen (secondary N) is 1. The van der Waals surface area contributed by atoms with E-state index in [1.54, 1.807) is 0 Å². The number of ether oxygens (including phenoxy) is 2. The van der Waals surface area contributed by atoms with E-state index in [0.717, 1.165) is 31.0 Å². The van der Waals surface area contributed by atoms with Gasteiger partial charge in [0.25, 0.3) is 0 Å². The molecule has 2 heterocycles. The average molecular weight is 473 g/mol. The van der Waals surface area contributed by atoms with Crippen molar-refractivity contribution in [3.8, 4) is 17.5 Å². The number of benzene rings is 1. The lowest BCUT2D eigenvalue weighted by molar-refractivity contribution is -0.275. The molecule has 1 amide bonds. The van der Waals surface area contributed by atoms with Crippen LogP contribution >= 0.6 is 0 Å². The molecule has 1 saturated heterocycles.